The van der Waals surface area contributed by atoms with Crippen LogP contribution < -0.4 is 0 Å². The second kappa shape index (κ2) is 12.9. The third kappa shape index (κ3) is 9.33. The summed E-state index contributed by atoms with van der Waals surface area (Å²) in [4.78, 5) is 54.6. The maximum absolute atomic E-state index is 11.3. The summed E-state index contributed by atoms with van der Waals surface area (Å²) in [7, 11) is -22.7. The van der Waals surface area contributed by atoms with Gasteiger partial charge in [-0.05, 0) is 0 Å². The summed E-state index contributed by atoms with van der Waals surface area (Å²) < 4.78 is 94.5. The van der Waals surface area contributed by atoms with Crippen molar-refractivity contribution < 1.29 is 83.9 Å². The molecule has 0 spiro atoms. The fraction of sp³-hybridized carbons (Fsp3) is 1.00. The molecule has 0 aromatic carbocycles. The van der Waals surface area contributed by atoms with Crippen LogP contribution in [0.4, 0.5) is 0 Å². The molecule has 0 aromatic heterocycles. The van der Waals surface area contributed by atoms with Crippen molar-refractivity contribution in [1.82, 2.24) is 0 Å². The quantitative estimate of drug-likeness (QED) is 0.158. The molecular weight excluding hydrogens is 546 g/mol. The molecule has 0 bridgehead atoms. The molecule has 1 saturated carbocycles. The topological polar surface area (TPSA) is 279 Å². The van der Waals surface area contributed by atoms with Crippen LogP contribution in [-0.2, 0) is 54.5 Å². The van der Waals surface area contributed by atoms with Gasteiger partial charge in [0.05, 0.1) is 0 Å². The lowest BCUT2D eigenvalue weighted by atomic mass is 9.85. The molecule has 24 heteroatoms. The fourth-order valence-corrected chi connectivity index (χ4v) is 5.47. The predicted molar refractivity (Wildman–Crippen MR) is 93.8 cm³/mol. The molecule has 6 N–H and O–H groups in total. The van der Waals surface area contributed by atoms with E-state index in [1.807, 2.05) is 0 Å². The normalized spacial score (nSPS) is 34.3. The summed E-state index contributed by atoms with van der Waals surface area (Å²) in [5, 5.41) is 0. The van der Waals surface area contributed by atoms with Crippen molar-refractivity contribution >= 4 is 49.5 Å². The van der Waals surface area contributed by atoms with Gasteiger partial charge in [0.2, 0.25) is 0 Å². The number of phosphoric acid groups is 1. The summed E-state index contributed by atoms with van der Waals surface area (Å²) in [5.74, 6) is 0. The van der Waals surface area contributed by atoms with Crippen LogP contribution in [0.3, 0.4) is 0 Å². The second-order valence-corrected chi connectivity index (χ2v) is 9.72. The molecule has 1 aliphatic carbocycles. The first-order chi connectivity index (χ1) is 13.8. The van der Waals surface area contributed by atoms with Crippen molar-refractivity contribution in [3.63, 3.8) is 0 Å². The molecule has 0 aromatic rings. The monoisotopic (exact) mass is 562 g/mol. The summed E-state index contributed by atoms with van der Waals surface area (Å²) in [6.45, 7) is 0. The van der Waals surface area contributed by atoms with Crippen LogP contribution in [0, 0.1) is 0 Å². The highest BCUT2D eigenvalue weighted by Crippen LogP contribution is 2.49. The molecule has 0 heterocycles. The smallest absolute Gasteiger partial charge is 0.326 e. The SMILES string of the molecule is O=POC1C(O[PH](=O)O)C(O[PH](=O)O)C(OP(=O)(O)O)C(O[PH](=O)O)C1O[PH](=O)O. The Morgan fingerprint density at radius 2 is 0.933 bits per heavy atom. The maximum atomic E-state index is 11.3. The minimum Gasteiger partial charge on any atom is -0.326 e. The van der Waals surface area contributed by atoms with Crippen LogP contribution >= 0.6 is 49.5 Å². The molecule has 8 atom stereocenters. The molecule has 30 heavy (non-hydrogen) atoms. The van der Waals surface area contributed by atoms with Gasteiger partial charge in [-0.3, -0.25) is 27.3 Å². The van der Waals surface area contributed by atoms with E-state index < -0.39 is 86.2 Å². The summed E-state index contributed by atoms with van der Waals surface area (Å²) in [6, 6.07) is 0. The van der Waals surface area contributed by atoms with E-state index >= 15 is 0 Å². The summed E-state index contributed by atoms with van der Waals surface area (Å²) in [5.41, 5.74) is 0. The molecule has 0 saturated heterocycles. The van der Waals surface area contributed by atoms with Crippen molar-refractivity contribution in [3.05, 3.63) is 0 Å². The average molecular weight is 562 g/mol. The number of hydrogen-bond donors (Lipinski definition) is 6. The molecule has 18 nitrogen and oxygen atoms in total. The minimum atomic E-state index is -5.54. The Morgan fingerprint density at radius 3 is 1.17 bits per heavy atom. The Balaban J connectivity index is 3.67. The highest BCUT2D eigenvalue weighted by molar-refractivity contribution is 7.46. The van der Waals surface area contributed by atoms with E-state index in [1.165, 1.54) is 0 Å². The summed E-state index contributed by atoms with van der Waals surface area (Å²) in [6.07, 6.45) is -13.2. The highest BCUT2D eigenvalue weighted by atomic mass is 31.2. The zero-order valence-corrected chi connectivity index (χ0v) is 19.7. The van der Waals surface area contributed by atoms with Gasteiger partial charge in [-0.15, -0.1) is 0 Å². The van der Waals surface area contributed by atoms with Crippen LogP contribution in [0.5, 0.6) is 0 Å². The van der Waals surface area contributed by atoms with E-state index in [4.69, 9.17) is 29.4 Å². The van der Waals surface area contributed by atoms with Crippen LogP contribution in [0.1, 0.15) is 0 Å². The Kier molecular flexibility index (Phi) is 12.3. The minimum absolute atomic E-state index is 1.21. The van der Waals surface area contributed by atoms with Crippen LogP contribution in [0.15, 0.2) is 0 Å². The Bertz CT molecular complexity index is 691. The van der Waals surface area contributed by atoms with Gasteiger partial charge in [-0.2, -0.15) is 0 Å². The lowest BCUT2D eigenvalue weighted by molar-refractivity contribution is -0.186. The van der Waals surface area contributed by atoms with Gasteiger partial charge in [-0.25, -0.2) is 9.13 Å². The lowest BCUT2D eigenvalue weighted by Crippen LogP contribution is -2.65. The number of rotatable bonds is 12. The molecule has 178 valence electrons. The van der Waals surface area contributed by atoms with E-state index in [-0.39, 0.29) is 0 Å². The zero-order chi connectivity index (χ0) is 23.2. The largest absolute Gasteiger partial charge is 0.470 e. The molecule has 1 rings (SSSR count). The van der Waals surface area contributed by atoms with E-state index in [0.29, 0.717) is 0 Å². The van der Waals surface area contributed by atoms with Crippen molar-refractivity contribution in [1.29, 1.82) is 0 Å². The first-order valence-corrected chi connectivity index (χ1v) is 14.4. The molecule has 0 radical (unpaired) electrons. The predicted octanol–water partition coefficient (Wildman–Crippen LogP) is -0.861. The van der Waals surface area contributed by atoms with Gasteiger partial charge in [0.25, 0.3) is 0 Å². The van der Waals surface area contributed by atoms with Gasteiger partial charge in [-0.1, -0.05) is 0 Å². The van der Waals surface area contributed by atoms with Crippen LogP contribution in [0.2, 0.25) is 0 Å². The van der Waals surface area contributed by atoms with Crippen molar-refractivity contribution in [3.8, 4) is 0 Å². The number of phosphoric ester groups is 1. The van der Waals surface area contributed by atoms with E-state index in [2.05, 4.69) is 27.1 Å². The van der Waals surface area contributed by atoms with Crippen molar-refractivity contribution in [2.24, 2.45) is 0 Å². The third-order valence-electron chi connectivity index (χ3n) is 3.31. The summed E-state index contributed by atoms with van der Waals surface area (Å²) >= 11 is 0. The van der Waals surface area contributed by atoms with Crippen LogP contribution in [0.25, 0.3) is 0 Å². The molecule has 1 aliphatic rings. The maximum Gasteiger partial charge on any atom is 0.470 e. The molecule has 1 fully saturated rings. The first kappa shape index (κ1) is 28.8. The number of hydrogen-bond acceptors (Lipinski definition) is 12. The third-order valence-corrected chi connectivity index (χ3v) is 6.06. The second-order valence-electron chi connectivity index (χ2n) is 5.10. The molecular formula is C6H16O18P6. The Hall–Kier alpha value is 0.770. The van der Waals surface area contributed by atoms with Crippen molar-refractivity contribution in [2.45, 2.75) is 36.6 Å². The van der Waals surface area contributed by atoms with Gasteiger partial charge < -0.3 is 47.5 Å². The van der Waals surface area contributed by atoms with Gasteiger partial charge in [0.1, 0.15) is 36.6 Å². The highest BCUT2D eigenvalue weighted by Gasteiger charge is 2.58. The van der Waals surface area contributed by atoms with Gasteiger partial charge >= 0.3 is 49.5 Å². The molecule has 8 unspecified atom stereocenters. The first-order valence-electron chi connectivity index (χ1n) is 7.07. The Morgan fingerprint density at radius 1 is 0.633 bits per heavy atom. The molecule has 0 amide bonds. The van der Waals surface area contributed by atoms with Gasteiger partial charge in [0.15, 0.2) is 0 Å². The fourth-order valence-electron chi connectivity index (χ4n) is 2.57. The van der Waals surface area contributed by atoms with E-state index in [9.17, 15) is 27.4 Å². The molecule has 0 aliphatic heterocycles. The van der Waals surface area contributed by atoms with Gasteiger partial charge in [0, 0.05) is 0 Å². The van der Waals surface area contributed by atoms with E-state index in [1.54, 1.807) is 0 Å². The average Bonchev–Trinajstić information content (AvgIpc) is 2.54. The standard InChI is InChI=1S/C6H16O18P6/c7-25-19-1-2(20-26(8)9)4(22-28(12)13)6(24-30(16,17)18)5(23-29(14)15)3(1)21-27(10)11/h1-6,26-29H,(H,8,9)(H,10,11)(H,12,13)(H,14,15)(H2,16,17,18). The Labute approximate surface area is 170 Å². The van der Waals surface area contributed by atoms with Crippen molar-refractivity contribution in [2.75, 3.05) is 0 Å². The van der Waals surface area contributed by atoms with E-state index in [0.717, 1.165) is 0 Å². The van der Waals surface area contributed by atoms with Crippen LogP contribution in [-0.4, -0.2) is 66.0 Å². The zero-order valence-electron chi connectivity index (χ0n) is 13.9. The lowest BCUT2D eigenvalue weighted by Gasteiger charge is -2.46.